The van der Waals surface area contributed by atoms with Crippen LogP contribution < -0.4 is 5.32 Å². The number of hydrogen-bond donors (Lipinski definition) is 1. The molecule has 1 N–H and O–H groups in total. The molecule has 0 bridgehead atoms. The number of carbonyl (C=O) groups excluding carboxylic acids is 3. The van der Waals surface area contributed by atoms with E-state index in [0.29, 0.717) is 5.69 Å². The van der Waals surface area contributed by atoms with Gasteiger partial charge in [0.05, 0.1) is 19.1 Å². The molecule has 0 radical (unpaired) electrons. The van der Waals surface area contributed by atoms with Crippen LogP contribution in [0.25, 0.3) is 10.8 Å². The van der Waals surface area contributed by atoms with E-state index in [9.17, 15) is 14.4 Å². The van der Waals surface area contributed by atoms with E-state index in [2.05, 4.69) is 5.32 Å². The molecule has 6 nitrogen and oxygen atoms in total. The lowest BCUT2D eigenvalue weighted by Gasteiger charge is -2.37. The van der Waals surface area contributed by atoms with Crippen molar-refractivity contribution in [1.82, 2.24) is 0 Å². The summed E-state index contributed by atoms with van der Waals surface area (Å²) in [7, 11) is 0. The zero-order valence-electron chi connectivity index (χ0n) is 18.8. The topological polar surface area (TPSA) is 81.7 Å². The smallest absolute Gasteiger partial charge is 0.323 e. The molecule has 3 aromatic carbocycles. The molecule has 1 amide bonds. The van der Waals surface area contributed by atoms with E-state index in [1.54, 1.807) is 13.8 Å². The third kappa shape index (κ3) is 4.21. The second kappa shape index (κ2) is 9.45. The summed E-state index contributed by atoms with van der Waals surface area (Å²) < 4.78 is 10.6. The second-order valence-corrected chi connectivity index (χ2v) is 8.17. The van der Waals surface area contributed by atoms with Gasteiger partial charge in [0.15, 0.2) is 5.41 Å². The van der Waals surface area contributed by atoms with Crippen LogP contribution in [0.4, 0.5) is 5.69 Å². The van der Waals surface area contributed by atoms with Crippen molar-refractivity contribution in [3.05, 3.63) is 77.9 Å². The summed E-state index contributed by atoms with van der Waals surface area (Å²) in [6.07, 6.45) is 0.122. The zero-order valence-corrected chi connectivity index (χ0v) is 18.8. The second-order valence-electron chi connectivity index (χ2n) is 8.17. The highest BCUT2D eigenvalue weighted by atomic mass is 16.6. The van der Waals surface area contributed by atoms with E-state index >= 15 is 0 Å². The minimum absolute atomic E-state index is 0.0156. The van der Waals surface area contributed by atoms with Gasteiger partial charge in [-0.15, -0.1) is 0 Å². The molecule has 3 aromatic rings. The van der Waals surface area contributed by atoms with Gasteiger partial charge < -0.3 is 14.8 Å². The van der Waals surface area contributed by atoms with Crippen molar-refractivity contribution in [3.8, 4) is 0 Å². The number of rotatable bonds is 6. The van der Waals surface area contributed by atoms with Gasteiger partial charge in [0.25, 0.3) is 0 Å². The summed E-state index contributed by atoms with van der Waals surface area (Å²) >= 11 is 0. The number of hydrogen-bond acceptors (Lipinski definition) is 5. The van der Waals surface area contributed by atoms with Gasteiger partial charge in [0.1, 0.15) is 0 Å². The average molecular weight is 446 g/mol. The maximum Gasteiger partial charge on any atom is 0.323 e. The number of benzene rings is 3. The molecular weight excluding hydrogens is 418 g/mol. The summed E-state index contributed by atoms with van der Waals surface area (Å²) in [6, 6.07) is 20.9. The van der Waals surface area contributed by atoms with E-state index in [0.717, 1.165) is 21.9 Å². The lowest BCUT2D eigenvalue weighted by atomic mass is 9.66. The van der Waals surface area contributed by atoms with Crippen molar-refractivity contribution in [1.29, 1.82) is 0 Å². The van der Waals surface area contributed by atoms with Crippen LogP contribution in [-0.4, -0.2) is 31.1 Å². The normalized spacial score (nSPS) is 16.5. The van der Waals surface area contributed by atoms with Crippen molar-refractivity contribution in [2.45, 2.75) is 32.6 Å². The Hall–Kier alpha value is -3.67. The SMILES string of the molecule is CCOC(=O)C1(C(=O)OCC)Cc2ccccc2C(C(=O)Nc2cccc3ccccc23)C1. The van der Waals surface area contributed by atoms with Crippen LogP contribution in [-0.2, 0) is 30.3 Å². The van der Waals surface area contributed by atoms with Crippen molar-refractivity contribution in [2.75, 3.05) is 18.5 Å². The number of amides is 1. The molecule has 1 aliphatic carbocycles. The molecule has 1 aliphatic rings. The third-order valence-corrected chi connectivity index (χ3v) is 6.17. The lowest BCUT2D eigenvalue weighted by molar-refractivity contribution is -0.173. The highest BCUT2D eigenvalue weighted by molar-refractivity contribution is 6.06. The number of esters is 2. The maximum atomic E-state index is 13.6. The van der Waals surface area contributed by atoms with Gasteiger partial charge in [0.2, 0.25) is 5.91 Å². The Morgan fingerprint density at radius 3 is 2.24 bits per heavy atom. The fraction of sp³-hybridized carbons (Fsp3) is 0.296. The Bertz CT molecular complexity index is 1180. The fourth-order valence-electron chi connectivity index (χ4n) is 4.61. The minimum Gasteiger partial charge on any atom is -0.465 e. The summed E-state index contributed by atoms with van der Waals surface area (Å²) in [4.78, 5) is 39.8. The first-order valence-electron chi connectivity index (χ1n) is 11.2. The summed E-state index contributed by atoms with van der Waals surface area (Å²) in [5.41, 5.74) is 0.683. The zero-order chi connectivity index (χ0) is 23.4. The average Bonchev–Trinajstić information content (AvgIpc) is 2.83. The van der Waals surface area contributed by atoms with Gasteiger partial charge in [-0.2, -0.15) is 0 Å². The molecule has 4 rings (SSSR count). The molecule has 6 heteroatoms. The van der Waals surface area contributed by atoms with E-state index < -0.39 is 23.3 Å². The Balaban J connectivity index is 1.75. The molecule has 170 valence electrons. The predicted molar refractivity (Wildman–Crippen MR) is 126 cm³/mol. The van der Waals surface area contributed by atoms with Crippen LogP contribution in [0, 0.1) is 5.41 Å². The first-order valence-corrected chi connectivity index (χ1v) is 11.2. The number of carbonyl (C=O) groups is 3. The van der Waals surface area contributed by atoms with Crippen molar-refractivity contribution >= 4 is 34.3 Å². The van der Waals surface area contributed by atoms with Crippen LogP contribution in [0.2, 0.25) is 0 Å². The van der Waals surface area contributed by atoms with Gasteiger partial charge in [-0.25, -0.2) is 0 Å². The molecule has 33 heavy (non-hydrogen) atoms. The Morgan fingerprint density at radius 1 is 0.879 bits per heavy atom. The first kappa shape index (κ1) is 22.5. The van der Waals surface area contributed by atoms with Crippen LogP contribution in [0.3, 0.4) is 0 Å². The number of anilines is 1. The van der Waals surface area contributed by atoms with E-state index in [1.165, 1.54) is 0 Å². The summed E-state index contributed by atoms with van der Waals surface area (Å²) in [6.45, 7) is 3.65. The number of fused-ring (bicyclic) bond motifs is 2. The minimum atomic E-state index is -1.57. The van der Waals surface area contributed by atoms with Gasteiger partial charge in [-0.3, -0.25) is 14.4 Å². The van der Waals surface area contributed by atoms with Crippen molar-refractivity contribution < 1.29 is 23.9 Å². The standard InChI is InChI=1S/C27H27NO5/c1-3-32-25(30)27(26(31)33-4-2)16-19-11-6-7-13-20(19)22(17-27)24(29)28-23-15-9-12-18-10-5-8-14-21(18)23/h5-15,22H,3-4,16-17H2,1-2H3,(H,28,29). The number of nitrogens with one attached hydrogen (secondary N) is 1. The first-order chi connectivity index (χ1) is 16.0. The van der Waals surface area contributed by atoms with E-state index in [1.807, 2.05) is 66.7 Å². The van der Waals surface area contributed by atoms with Crippen molar-refractivity contribution in [3.63, 3.8) is 0 Å². The molecule has 0 spiro atoms. The lowest BCUT2D eigenvalue weighted by Crippen LogP contribution is -2.48. The number of ether oxygens (including phenoxy) is 2. The Kier molecular flexibility index (Phi) is 6.45. The molecule has 1 atom stereocenters. The molecule has 0 saturated heterocycles. The van der Waals surface area contributed by atoms with Gasteiger partial charge in [-0.05, 0) is 49.3 Å². The van der Waals surface area contributed by atoms with Crippen LogP contribution in [0.15, 0.2) is 66.7 Å². The molecule has 1 unspecified atom stereocenters. The summed E-state index contributed by atoms with van der Waals surface area (Å²) in [5.74, 6) is -2.30. The largest absolute Gasteiger partial charge is 0.465 e. The van der Waals surface area contributed by atoms with Crippen LogP contribution in [0.1, 0.15) is 37.3 Å². The quantitative estimate of drug-likeness (QED) is 0.442. The summed E-state index contributed by atoms with van der Waals surface area (Å²) in [5, 5.41) is 4.95. The molecule has 0 fully saturated rings. The van der Waals surface area contributed by atoms with Gasteiger partial charge >= 0.3 is 11.9 Å². The van der Waals surface area contributed by atoms with Gasteiger partial charge in [0, 0.05) is 11.1 Å². The van der Waals surface area contributed by atoms with Crippen molar-refractivity contribution in [2.24, 2.45) is 5.41 Å². The highest BCUT2D eigenvalue weighted by Gasteiger charge is 2.54. The molecule has 0 saturated carbocycles. The molecular formula is C27H27NO5. The molecule has 0 aliphatic heterocycles. The molecule has 0 aromatic heterocycles. The molecule has 0 heterocycles. The maximum absolute atomic E-state index is 13.6. The van der Waals surface area contributed by atoms with Crippen LogP contribution in [0.5, 0.6) is 0 Å². The van der Waals surface area contributed by atoms with E-state index in [4.69, 9.17) is 9.47 Å². The Labute approximate surface area is 192 Å². The Morgan fingerprint density at radius 2 is 1.52 bits per heavy atom. The fourth-order valence-corrected chi connectivity index (χ4v) is 4.61. The van der Waals surface area contributed by atoms with Crippen LogP contribution >= 0.6 is 0 Å². The third-order valence-electron chi connectivity index (χ3n) is 6.17. The van der Waals surface area contributed by atoms with E-state index in [-0.39, 0.29) is 32.0 Å². The van der Waals surface area contributed by atoms with Gasteiger partial charge in [-0.1, -0.05) is 60.7 Å². The monoisotopic (exact) mass is 445 g/mol. The predicted octanol–water partition coefficient (Wildman–Crippen LogP) is 4.62. The highest BCUT2D eigenvalue weighted by Crippen LogP contribution is 2.45.